The first-order valence-corrected chi connectivity index (χ1v) is 7.81. The van der Waals surface area contributed by atoms with E-state index in [1.165, 1.54) is 30.3 Å². The highest BCUT2D eigenvalue weighted by atomic mass is 35.5. The molecule has 1 N–H and O–H groups in total. The van der Waals surface area contributed by atoms with Crippen LogP contribution in [0.5, 0.6) is 0 Å². The SMILES string of the molecule is Cc1cc(F)cc(N(CC(F)(F)F)c2nc(=O)[nH]c3cc(Cl)ccc23)c1. The number of benzene rings is 2. The van der Waals surface area contributed by atoms with Gasteiger partial charge in [-0.25, -0.2) is 9.18 Å². The van der Waals surface area contributed by atoms with Crippen LogP contribution in [0.15, 0.2) is 41.2 Å². The Labute approximate surface area is 150 Å². The molecule has 0 spiro atoms. The maximum atomic E-state index is 13.8. The molecule has 0 aliphatic heterocycles. The third-order valence-corrected chi connectivity index (χ3v) is 3.84. The van der Waals surface area contributed by atoms with Gasteiger partial charge in [0.1, 0.15) is 18.2 Å². The summed E-state index contributed by atoms with van der Waals surface area (Å²) in [4.78, 5) is 18.8. The number of fused-ring (bicyclic) bond motifs is 1. The Morgan fingerprint density at radius 3 is 2.58 bits per heavy atom. The van der Waals surface area contributed by atoms with Crippen LogP contribution >= 0.6 is 11.6 Å². The Morgan fingerprint density at radius 1 is 1.19 bits per heavy atom. The maximum absolute atomic E-state index is 13.8. The largest absolute Gasteiger partial charge is 0.406 e. The molecule has 1 heterocycles. The summed E-state index contributed by atoms with van der Waals surface area (Å²) in [6, 6.07) is 7.87. The highest BCUT2D eigenvalue weighted by molar-refractivity contribution is 6.31. The first kappa shape index (κ1) is 18.2. The van der Waals surface area contributed by atoms with Crippen LogP contribution in [-0.4, -0.2) is 22.7 Å². The van der Waals surface area contributed by atoms with E-state index in [-0.39, 0.29) is 22.4 Å². The number of hydrogen-bond donors (Lipinski definition) is 1. The molecule has 0 aliphatic carbocycles. The molecule has 0 atom stereocenters. The normalized spacial score (nSPS) is 11.8. The molecule has 26 heavy (non-hydrogen) atoms. The van der Waals surface area contributed by atoms with E-state index in [0.717, 1.165) is 11.0 Å². The second-order valence-electron chi connectivity index (χ2n) is 5.74. The Bertz CT molecular complexity index is 1010. The average molecular weight is 386 g/mol. The first-order valence-electron chi connectivity index (χ1n) is 7.43. The zero-order valence-electron chi connectivity index (χ0n) is 13.4. The number of nitrogens with one attached hydrogen (secondary N) is 1. The molecule has 136 valence electrons. The number of aromatic nitrogens is 2. The summed E-state index contributed by atoms with van der Waals surface area (Å²) in [6.07, 6.45) is -4.61. The third kappa shape index (κ3) is 3.96. The van der Waals surface area contributed by atoms with E-state index in [0.29, 0.717) is 10.6 Å². The molecule has 0 aliphatic rings. The van der Waals surface area contributed by atoms with Crippen molar-refractivity contribution in [2.75, 3.05) is 11.4 Å². The molecule has 1 aromatic heterocycles. The number of rotatable bonds is 3. The lowest BCUT2D eigenvalue weighted by atomic mass is 10.1. The molecule has 9 heteroatoms. The number of alkyl halides is 3. The van der Waals surface area contributed by atoms with Crippen molar-refractivity contribution < 1.29 is 17.6 Å². The van der Waals surface area contributed by atoms with Crippen LogP contribution in [0, 0.1) is 12.7 Å². The van der Waals surface area contributed by atoms with Crippen molar-refractivity contribution in [1.29, 1.82) is 0 Å². The summed E-state index contributed by atoms with van der Waals surface area (Å²) < 4.78 is 53.3. The van der Waals surface area contributed by atoms with E-state index < -0.39 is 24.2 Å². The van der Waals surface area contributed by atoms with Crippen LogP contribution in [0.4, 0.5) is 29.1 Å². The van der Waals surface area contributed by atoms with Crippen molar-refractivity contribution in [1.82, 2.24) is 9.97 Å². The number of nitrogens with zero attached hydrogens (tertiary/aromatic N) is 2. The van der Waals surface area contributed by atoms with Gasteiger partial charge in [0.25, 0.3) is 0 Å². The minimum absolute atomic E-state index is 0.0609. The van der Waals surface area contributed by atoms with Crippen molar-refractivity contribution in [2.24, 2.45) is 0 Å². The fourth-order valence-electron chi connectivity index (χ4n) is 2.66. The molecule has 2 aromatic carbocycles. The van der Waals surface area contributed by atoms with E-state index in [2.05, 4.69) is 9.97 Å². The molecular weight excluding hydrogens is 374 g/mol. The van der Waals surface area contributed by atoms with Gasteiger partial charge in [0, 0.05) is 16.1 Å². The summed E-state index contributed by atoms with van der Waals surface area (Å²) in [7, 11) is 0. The fraction of sp³-hybridized carbons (Fsp3) is 0.176. The summed E-state index contributed by atoms with van der Waals surface area (Å²) in [6.45, 7) is 0.117. The molecule has 0 radical (unpaired) electrons. The number of H-pyrrole nitrogens is 1. The highest BCUT2D eigenvalue weighted by Crippen LogP contribution is 2.33. The molecule has 3 rings (SSSR count). The van der Waals surface area contributed by atoms with Crippen LogP contribution in [-0.2, 0) is 0 Å². The molecule has 0 saturated carbocycles. The predicted molar refractivity (Wildman–Crippen MR) is 91.6 cm³/mol. The molecule has 0 unspecified atom stereocenters. The minimum atomic E-state index is -4.61. The molecule has 4 nitrogen and oxygen atoms in total. The van der Waals surface area contributed by atoms with Gasteiger partial charge in [-0.15, -0.1) is 0 Å². The molecule has 0 bridgehead atoms. The van der Waals surface area contributed by atoms with Crippen LogP contribution in [0.2, 0.25) is 5.02 Å². The third-order valence-electron chi connectivity index (χ3n) is 3.60. The molecular formula is C17H12ClF4N3O. The number of anilines is 2. The molecule has 3 aromatic rings. The maximum Gasteiger partial charge on any atom is 0.406 e. The Balaban J connectivity index is 2.28. The zero-order valence-corrected chi connectivity index (χ0v) is 14.1. The standard InChI is InChI=1S/C17H12ClF4N3O/c1-9-4-11(19)7-12(5-9)25(8-17(20,21)22)15-13-3-2-10(18)6-14(13)23-16(26)24-15/h2-7H,8H2,1H3,(H,23,24,26). The minimum Gasteiger partial charge on any atom is -0.316 e. The van der Waals surface area contributed by atoms with Gasteiger partial charge in [-0.3, -0.25) is 0 Å². The van der Waals surface area contributed by atoms with Gasteiger partial charge in [0.2, 0.25) is 0 Å². The van der Waals surface area contributed by atoms with Crippen LogP contribution in [0.1, 0.15) is 5.56 Å². The van der Waals surface area contributed by atoms with Gasteiger partial charge in [0.05, 0.1) is 5.52 Å². The van der Waals surface area contributed by atoms with Gasteiger partial charge in [0.15, 0.2) is 0 Å². The van der Waals surface area contributed by atoms with Gasteiger partial charge < -0.3 is 9.88 Å². The Morgan fingerprint density at radius 2 is 1.92 bits per heavy atom. The van der Waals surface area contributed by atoms with Gasteiger partial charge in [-0.1, -0.05) is 11.6 Å². The number of aromatic amines is 1. The molecule has 0 saturated heterocycles. The number of hydrogen-bond acceptors (Lipinski definition) is 3. The molecule has 0 amide bonds. The van der Waals surface area contributed by atoms with Crippen molar-refractivity contribution in [3.05, 3.63) is 63.3 Å². The van der Waals surface area contributed by atoms with E-state index >= 15 is 0 Å². The first-order chi connectivity index (χ1) is 12.1. The number of halogens is 5. The smallest absolute Gasteiger partial charge is 0.316 e. The topological polar surface area (TPSA) is 49.0 Å². The van der Waals surface area contributed by atoms with Crippen molar-refractivity contribution in [3.63, 3.8) is 0 Å². The lowest BCUT2D eigenvalue weighted by Gasteiger charge is -2.26. The lowest BCUT2D eigenvalue weighted by Crippen LogP contribution is -2.32. The van der Waals surface area contributed by atoms with Crippen molar-refractivity contribution in [3.8, 4) is 0 Å². The summed E-state index contributed by atoms with van der Waals surface area (Å²) in [5.41, 5.74) is -0.235. The van der Waals surface area contributed by atoms with Crippen molar-refractivity contribution >= 4 is 34.0 Å². The van der Waals surface area contributed by atoms with E-state index in [4.69, 9.17) is 11.6 Å². The van der Waals surface area contributed by atoms with Gasteiger partial charge in [-0.2, -0.15) is 18.2 Å². The van der Waals surface area contributed by atoms with Crippen LogP contribution in [0.3, 0.4) is 0 Å². The average Bonchev–Trinajstić information content (AvgIpc) is 2.49. The predicted octanol–water partition coefficient (Wildman–Crippen LogP) is 4.72. The second kappa shape index (κ2) is 6.60. The lowest BCUT2D eigenvalue weighted by molar-refractivity contribution is -0.118. The van der Waals surface area contributed by atoms with Gasteiger partial charge >= 0.3 is 11.9 Å². The second-order valence-corrected chi connectivity index (χ2v) is 6.18. The van der Waals surface area contributed by atoms with Crippen molar-refractivity contribution in [2.45, 2.75) is 13.1 Å². The quantitative estimate of drug-likeness (QED) is 0.663. The number of aryl methyl sites for hydroxylation is 1. The zero-order chi connectivity index (χ0) is 19.1. The summed E-state index contributed by atoms with van der Waals surface area (Å²) >= 11 is 5.88. The van der Waals surface area contributed by atoms with E-state index in [1.807, 2.05) is 0 Å². The van der Waals surface area contributed by atoms with Crippen LogP contribution < -0.4 is 10.6 Å². The summed E-state index contributed by atoms with van der Waals surface area (Å²) in [5, 5.41) is 0.550. The Kier molecular flexibility index (Phi) is 4.62. The highest BCUT2D eigenvalue weighted by Gasteiger charge is 2.33. The Hall–Kier alpha value is -2.61. The van der Waals surface area contributed by atoms with E-state index in [1.54, 1.807) is 6.92 Å². The van der Waals surface area contributed by atoms with Gasteiger partial charge in [-0.05, 0) is 48.9 Å². The van der Waals surface area contributed by atoms with E-state index in [9.17, 15) is 22.4 Å². The monoisotopic (exact) mass is 385 g/mol. The summed E-state index contributed by atoms with van der Waals surface area (Å²) in [5.74, 6) is -0.924. The molecule has 0 fully saturated rings. The van der Waals surface area contributed by atoms with Crippen LogP contribution in [0.25, 0.3) is 10.9 Å². The fourth-order valence-corrected chi connectivity index (χ4v) is 2.83.